The number of Topliss-reactive ketones (excluding diaryl/α,β-unsaturated/α-hetero) is 1. The van der Waals surface area contributed by atoms with Crippen LogP contribution in [-0.2, 0) is 6.54 Å². The predicted molar refractivity (Wildman–Crippen MR) is 95.3 cm³/mol. The van der Waals surface area contributed by atoms with E-state index in [1.807, 2.05) is 71.6 Å². The molecular formula is C20H14BrN2O+. The lowest BCUT2D eigenvalue weighted by Crippen LogP contribution is -2.36. The molecule has 0 aliphatic carbocycles. The maximum atomic E-state index is 12.4. The van der Waals surface area contributed by atoms with E-state index in [2.05, 4.69) is 22.0 Å². The molecule has 0 saturated heterocycles. The van der Waals surface area contributed by atoms with Gasteiger partial charge in [-0.15, -0.1) is 0 Å². The molecule has 0 unspecified atom stereocenters. The third-order valence-corrected chi connectivity index (χ3v) is 4.35. The summed E-state index contributed by atoms with van der Waals surface area (Å²) in [5.41, 5.74) is 3.16. The van der Waals surface area contributed by atoms with Crippen LogP contribution >= 0.6 is 15.9 Å². The lowest BCUT2D eigenvalue weighted by atomic mass is 10.0. The van der Waals surface area contributed by atoms with Crippen molar-refractivity contribution < 1.29 is 9.36 Å². The van der Waals surface area contributed by atoms with Gasteiger partial charge in [0.05, 0.1) is 11.6 Å². The largest absolute Gasteiger partial charge is 0.287 e. The molecule has 0 saturated carbocycles. The quantitative estimate of drug-likeness (QED) is 0.506. The number of halogens is 1. The van der Waals surface area contributed by atoms with Gasteiger partial charge in [-0.05, 0) is 29.3 Å². The Bertz CT molecular complexity index is 930. The second-order valence-corrected chi connectivity index (χ2v) is 6.21. The monoisotopic (exact) mass is 377 g/mol. The van der Waals surface area contributed by atoms with Crippen molar-refractivity contribution in [2.45, 2.75) is 6.54 Å². The van der Waals surface area contributed by atoms with E-state index in [9.17, 15) is 4.79 Å². The van der Waals surface area contributed by atoms with E-state index in [1.54, 1.807) is 6.07 Å². The van der Waals surface area contributed by atoms with Gasteiger partial charge in [0.25, 0.3) is 0 Å². The van der Waals surface area contributed by atoms with Crippen molar-refractivity contribution in [2.75, 3.05) is 0 Å². The first-order chi connectivity index (χ1) is 11.7. The summed E-state index contributed by atoms with van der Waals surface area (Å²) >= 11 is 3.54. The van der Waals surface area contributed by atoms with Gasteiger partial charge in [-0.3, -0.25) is 4.79 Å². The SMILES string of the molecule is N#Cc1cccc(-c2ccc(C(=O)C[n+]3ccccc3)cc2Br)c1. The molecule has 1 heterocycles. The van der Waals surface area contributed by atoms with Crippen LogP contribution in [0.25, 0.3) is 11.1 Å². The first-order valence-corrected chi connectivity index (χ1v) is 8.24. The van der Waals surface area contributed by atoms with Crippen LogP contribution in [0.5, 0.6) is 0 Å². The molecule has 0 bridgehead atoms. The number of rotatable bonds is 4. The molecule has 24 heavy (non-hydrogen) atoms. The molecular weight excluding hydrogens is 364 g/mol. The molecule has 0 amide bonds. The van der Waals surface area contributed by atoms with Gasteiger partial charge in [0.1, 0.15) is 0 Å². The van der Waals surface area contributed by atoms with E-state index in [0.717, 1.165) is 15.6 Å². The molecule has 4 heteroatoms. The Balaban J connectivity index is 1.87. The van der Waals surface area contributed by atoms with E-state index in [4.69, 9.17) is 5.26 Å². The predicted octanol–water partition coefficient (Wildman–Crippen LogP) is 4.16. The highest BCUT2D eigenvalue weighted by Gasteiger charge is 2.14. The number of ketones is 1. The summed E-state index contributed by atoms with van der Waals surface area (Å²) in [7, 11) is 0. The highest BCUT2D eigenvalue weighted by Crippen LogP contribution is 2.29. The number of hydrogen-bond donors (Lipinski definition) is 0. The minimum absolute atomic E-state index is 0.0456. The van der Waals surface area contributed by atoms with Crippen molar-refractivity contribution in [2.24, 2.45) is 0 Å². The molecule has 0 spiro atoms. The van der Waals surface area contributed by atoms with Crippen LogP contribution in [0.4, 0.5) is 0 Å². The number of pyridine rings is 1. The second kappa shape index (κ2) is 7.20. The molecule has 0 fully saturated rings. The standard InChI is InChI=1S/C20H14BrN2O/c21-19-12-17(20(24)14-23-9-2-1-3-10-23)7-8-18(19)16-6-4-5-15(11-16)13-22/h1-12H,14H2/q+1. The smallest absolute Gasteiger partial charge is 0.227 e. The van der Waals surface area contributed by atoms with Crippen LogP contribution in [0.3, 0.4) is 0 Å². The average Bonchev–Trinajstić information content (AvgIpc) is 2.62. The van der Waals surface area contributed by atoms with Gasteiger partial charge >= 0.3 is 0 Å². The zero-order valence-corrected chi connectivity index (χ0v) is 14.4. The summed E-state index contributed by atoms with van der Waals surface area (Å²) in [5.74, 6) is 0.0456. The Morgan fingerprint density at radius 2 is 1.83 bits per heavy atom. The molecule has 0 radical (unpaired) electrons. The van der Waals surface area contributed by atoms with Crippen LogP contribution in [0, 0.1) is 11.3 Å². The molecule has 0 aliphatic heterocycles. The average molecular weight is 378 g/mol. The number of benzene rings is 2. The fourth-order valence-electron chi connectivity index (χ4n) is 2.48. The van der Waals surface area contributed by atoms with Gasteiger partial charge in [-0.1, -0.05) is 46.3 Å². The van der Waals surface area contributed by atoms with Crippen LogP contribution in [0.2, 0.25) is 0 Å². The Kier molecular flexibility index (Phi) is 4.83. The first kappa shape index (κ1) is 16.1. The molecule has 3 rings (SSSR count). The third kappa shape index (κ3) is 3.58. The number of carbonyl (C=O) groups is 1. The lowest BCUT2D eigenvalue weighted by molar-refractivity contribution is -0.683. The molecule has 3 aromatic rings. The van der Waals surface area contributed by atoms with Gasteiger partial charge in [0.2, 0.25) is 12.3 Å². The second-order valence-electron chi connectivity index (χ2n) is 5.36. The fraction of sp³-hybridized carbons (Fsp3) is 0.0500. The Hall–Kier alpha value is -2.77. The van der Waals surface area contributed by atoms with Gasteiger partial charge in [-0.2, -0.15) is 9.83 Å². The number of hydrogen-bond acceptors (Lipinski definition) is 2. The number of aromatic nitrogens is 1. The van der Waals surface area contributed by atoms with Crippen molar-refractivity contribution in [1.82, 2.24) is 0 Å². The summed E-state index contributed by atoms with van der Waals surface area (Å²) in [4.78, 5) is 12.4. The minimum Gasteiger partial charge on any atom is -0.287 e. The Morgan fingerprint density at radius 1 is 1.04 bits per heavy atom. The molecule has 2 aromatic carbocycles. The van der Waals surface area contributed by atoms with E-state index in [0.29, 0.717) is 17.7 Å². The molecule has 0 aliphatic rings. The summed E-state index contributed by atoms with van der Waals surface area (Å²) < 4.78 is 2.68. The van der Waals surface area contributed by atoms with Crippen LogP contribution in [0.1, 0.15) is 15.9 Å². The molecule has 0 N–H and O–H groups in total. The number of carbonyl (C=O) groups excluding carboxylic acids is 1. The third-order valence-electron chi connectivity index (χ3n) is 3.70. The first-order valence-electron chi connectivity index (χ1n) is 7.45. The lowest BCUT2D eigenvalue weighted by Gasteiger charge is -2.07. The van der Waals surface area contributed by atoms with Crippen molar-refractivity contribution in [3.05, 3.63) is 88.7 Å². The highest BCUT2D eigenvalue weighted by atomic mass is 79.9. The maximum Gasteiger partial charge on any atom is 0.227 e. The van der Waals surface area contributed by atoms with Crippen LogP contribution < -0.4 is 4.57 Å². The van der Waals surface area contributed by atoms with Gasteiger partial charge in [-0.25, -0.2) is 0 Å². The zero-order valence-electron chi connectivity index (χ0n) is 12.8. The highest BCUT2D eigenvalue weighted by molar-refractivity contribution is 9.10. The minimum atomic E-state index is 0.0456. The van der Waals surface area contributed by atoms with Gasteiger partial charge in [0, 0.05) is 22.2 Å². The van der Waals surface area contributed by atoms with E-state index >= 15 is 0 Å². The Labute approximate surface area is 148 Å². The summed E-state index contributed by atoms with van der Waals surface area (Å²) in [5, 5.41) is 9.03. The normalized spacial score (nSPS) is 10.2. The summed E-state index contributed by atoms with van der Waals surface area (Å²) in [6, 6.07) is 20.8. The van der Waals surface area contributed by atoms with Crippen molar-refractivity contribution in [3.63, 3.8) is 0 Å². The molecule has 116 valence electrons. The van der Waals surface area contributed by atoms with Gasteiger partial charge in [0.15, 0.2) is 12.4 Å². The Morgan fingerprint density at radius 3 is 2.54 bits per heavy atom. The summed E-state index contributed by atoms with van der Waals surface area (Å²) in [6.07, 6.45) is 3.74. The van der Waals surface area contributed by atoms with Crippen molar-refractivity contribution >= 4 is 21.7 Å². The van der Waals surface area contributed by atoms with Crippen molar-refractivity contribution in [3.8, 4) is 17.2 Å². The number of nitriles is 1. The molecule has 0 atom stereocenters. The van der Waals surface area contributed by atoms with Crippen LogP contribution in [0.15, 0.2) is 77.5 Å². The zero-order chi connectivity index (χ0) is 16.9. The van der Waals surface area contributed by atoms with Gasteiger partial charge < -0.3 is 0 Å². The maximum absolute atomic E-state index is 12.4. The fourth-order valence-corrected chi connectivity index (χ4v) is 3.08. The van der Waals surface area contributed by atoms with E-state index in [-0.39, 0.29) is 5.78 Å². The summed E-state index contributed by atoms with van der Waals surface area (Å²) in [6.45, 7) is 0.302. The molecule has 3 nitrogen and oxygen atoms in total. The topological polar surface area (TPSA) is 44.7 Å². The van der Waals surface area contributed by atoms with Crippen LogP contribution in [-0.4, -0.2) is 5.78 Å². The van der Waals surface area contributed by atoms with E-state index < -0.39 is 0 Å². The van der Waals surface area contributed by atoms with Crippen molar-refractivity contribution in [1.29, 1.82) is 5.26 Å². The number of nitrogens with zero attached hydrogens (tertiary/aromatic N) is 2. The van der Waals surface area contributed by atoms with E-state index in [1.165, 1.54) is 0 Å². The molecule has 1 aromatic heterocycles.